The molecule has 0 amide bonds. The molecule has 1 aliphatic carbocycles. The summed E-state index contributed by atoms with van der Waals surface area (Å²) in [5.41, 5.74) is 1.34. The van der Waals surface area contributed by atoms with Crippen molar-refractivity contribution in [3.8, 4) is 5.75 Å². The fourth-order valence-corrected chi connectivity index (χ4v) is 3.67. The van der Waals surface area contributed by atoms with Crippen LogP contribution >= 0.6 is 15.9 Å². The predicted molar refractivity (Wildman–Crippen MR) is 88.4 cm³/mol. The maximum Gasteiger partial charge on any atom is 0.119 e. The van der Waals surface area contributed by atoms with Gasteiger partial charge in [0, 0.05) is 10.5 Å². The van der Waals surface area contributed by atoms with Gasteiger partial charge in [0.2, 0.25) is 0 Å². The zero-order valence-electron chi connectivity index (χ0n) is 12.8. The van der Waals surface area contributed by atoms with Crippen molar-refractivity contribution in [1.82, 2.24) is 5.32 Å². The smallest absolute Gasteiger partial charge is 0.119 e. The molecule has 1 aromatic rings. The molecule has 1 saturated carbocycles. The fraction of sp³-hybridized carbons (Fsp3) is 0.647. The Bertz CT molecular complexity index is 427. The Labute approximate surface area is 131 Å². The molecule has 0 bridgehead atoms. The maximum atomic E-state index is 5.34. The van der Waals surface area contributed by atoms with E-state index in [0.29, 0.717) is 6.04 Å². The number of rotatable bonds is 5. The zero-order chi connectivity index (χ0) is 14.5. The van der Waals surface area contributed by atoms with Crippen LogP contribution in [0.1, 0.15) is 38.2 Å². The summed E-state index contributed by atoms with van der Waals surface area (Å²) in [4.78, 5) is 0. The zero-order valence-corrected chi connectivity index (χ0v) is 14.4. The highest BCUT2D eigenvalue weighted by Gasteiger charge is 2.25. The van der Waals surface area contributed by atoms with E-state index in [9.17, 15) is 0 Å². The van der Waals surface area contributed by atoms with Gasteiger partial charge in [-0.25, -0.2) is 0 Å². The second kappa shape index (κ2) is 7.46. The van der Waals surface area contributed by atoms with Crippen LogP contribution in [0.2, 0.25) is 0 Å². The van der Waals surface area contributed by atoms with Gasteiger partial charge in [-0.3, -0.25) is 0 Å². The van der Waals surface area contributed by atoms with Crippen LogP contribution in [0.5, 0.6) is 5.75 Å². The third kappa shape index (κ3) is 3.98. The highest BCUT2D eigenvalue weighted by Crippen LogP contribution is 2.33. The van der Waals surface area contributed by atoms with Gasteiger partial charge in [0.1, 0.15) is 5.75 Å². The molecule has 0 aliphatic heterocycles. The molecular weight excluding hydrogens is 314 g/mol. The number of hydrogen-bond acceptors (Lipinski definition) is 2. The van der Waals surface area contributed by atoms with Crippen LogP contribution in [-0.2, 0) is 6.42 Å². The minimum Gasteiger partial charge on any atom is -0.497 e. The Morgan fingerprint density at radius 1 is 1.30 bits per heavy atom. The van der Waals surface area contributed by atoms with E-state index in [1.54, 1.807) is 7.11 Å². The molecule has 3 heteroatoms. The number of methoxy groups -OCH3 is 1. The molecule has 2 rings (SSSR count). The summed E-state index contributed by atoms with van der Waals surface area (Å²) < 4.78 is 6.53. The first-order chi connectivity index (χ1) is 9.63. The summed E-state index contributed by atoms with van der Waals surface area (Å²) in [5, 5.41) is 3.54. The molecule has 2 nitrogen and oxygen atoms in total. The highest BCUT2D eigenvalue weighted by molar-refractivity contribution is 9.10. The molecule has 1 N–H and O–H groups in total. The molecule has 1 unspecified atom stereocenters. The molecular formula is C17H26BrNO. The number of hydrogen-bond donors (Lipinski definition) is 1. The van der Waals surface area contributed by atoms with E-state index >= 15 is 0 Å². The van der Waals surface area contributed by atoms with Gasteiger partial charge in [-0.05, 0) is 61.9 Å². The van der Waals surface area contributed by atoms with Crippen molar-refractivity contribution in [3.63, 3.8) is 0 Å². The summed E-state index contributed by atoms with van der Waals surface area (Å²) >= 11 is 3.67. The van der Waals surface area contributed by atoms with Gasteiger partial charge in [-0.15, -0.1) is 0 Å². The molecule has 1 aliphatic rings. The third-order valence-electron chi connectivity index (χ3n) is 4.69. The van der Waals surface area contributed by atoms with E-state index in [0.717, 1.165) is 24.0 Å². The van der Waals surface area contributed by atoms with E-state index in [-0.39, 0.29) is 0 Å². The Morgan fingerprint density at radius 2 is 2.00 bits per heavy atom. The molecule has 0 spiro atoms. The lowest BCUT2D eigenvalue weighted by Crippen LogP contribution is -2.37. The highest BCUT2D eigenvalue weighted by atomic mass is 79.9. The number of nitrogens with one attached hydrogen (secondary N) is 1. The second-order valence-electron chi connectivity index (χ2n) is 6.08. The number of likely N-dealkylation sites (N-methyl/N-ethyl adjacent to an activating group) is 1. The number of halogens is 1. The van der Waals surface area contributed by atoms with E-state index in [2.05, 4.69) is 47.4 Å². The topological polar surface area (TPSA) is 21.3 Å². The molecule has 0 radical (unpaired) electrons. The first-order valence-electron chi connectivity index (χ1n) is 7.63. The first-order valence-corrected chi connectivity index (χ1v) is 8.43. The van der Waals surface area contributed by atoms with Gasteiger partial charge >= 0.3 is 0 Å². The summed E-state index contributed by atoms with van der Waals surface area (Å²) in [7, 11) is 3.82. The molecule has 0 aromatic heterocycles. The van der Waals surface area contributed by atoms with Crippen LogP contribution in [-0.4, -0.2) is 20.2 Å². The van der Waals surface area contributed by atoms with Gasteiger partial charge in [0.15, 0.2) is 0 Å². The average Bonchev–Trinajstić information content (AvgIpc) is 2.47. The van der Waals surface area contributed by atoms with E-state index < -0.39 is 0 Å². The largest absolute Gasteiger partial charge is 0.497 e. The summed E-state index contributed by atoms with van der Waals surface area (Å²) in [6.07, 6.45) is 6.53. The lowest BCUT2D eigenvalue weighted by atomic mass is 9.78. The Balaban J connectivity index is 2.06. The summed E-state index contributed by atoms with van der Waals surface area (Å²) in [6, 6.07) is 6.81. The molecule has 112 valence electrons. The van der Waals surface area contributed by atoms with Gasteiger partial charge < -0.3 is 10.1 Å². The van der Waals surface area contributed by atoms with Crippen LogP contribution < -0.4 is 10.1 Å². The standard InChI is InChI=1S/C17H26BrNO/c1-12-4-6-13(7-5-12)17(19-2)11-14-10-15(20-3)8-9-16(14)18/h8-10,12-13,17,19H,4-7,11H2,1-3H3. The van der Waals surface area contributed by atoms with Crippen molar-refractivity contribution in [2.45, 2.75) is 45.1 Å². The third-order valence-corrected chi connectivity index (χ3v) is 5.47. The van der Waals surface area contributed by atoms with Crippen LogP contribution in [0, 0.1) is 11.8 Å². The van der Waals surface area contributed by atoms with Gasteiger partial charge in [0.05, 0.1) is 7.11 Å². The minimum atomic E-state index is 0.561. The van der Waals surface area contributed by atoms with Crippen LogP contribution in [0.4, 0.5) is 0 Å². The Kier molecular flexibility index (Phi) is 5.91. The van der Waals surface area contributed by atoms with E-state index in [1.165, 1.54) is 35.7 Å². The Hall–Kier alpha value is -0.540. The Morgan fingerprint density at radius 3 is 2.60 bits per heavy atom. The number of ether oxygens (including phenoxy) is 1. The van der Waals surface area contributed by atoms with Crippen molar-refractivity contribution in [2.75, 3.05) is 14.2 Å². The molecule has 1 aromatic carbocycles. The van der Waals surface area contributed by atoms with E-state index in [1.807, 2.05) is 6.07 Å². The molecule has 0 saturated heterocycles. The van der Waals surface area contributed by atoms with Gasteiger partial charge in [-0.1, -0.05) is 35.7 Å². The quantitative estimate of drug-likeness (QED) is 0.857. The molecule has 1 atom stereocenters. The van der Waals surface area contributed by atoms with Crippen molar-refractivity contribution in [1.29, 1.82) is 0 Å². The second-order valence-corrected chi connectivity index (χ2v) is 6.93. The average molecular weight is 340 g/mol. The van der Waals surface area contributed by atoms with Gasteiger partial charge in [-0.2, -0.15) is 0 Å². The first kappa shape index (κ1) is 15.8. The maximum absolute atomic E-state index is 5.34. The van der Waals surface area contributed by atoms with Crippen molar-refractivity contribution in [2.24, 2.45) is 11.8 Å². The van der Waals surface area contributed by atoms with E-state index in [4.69, 9.17) is 4.74 Å². The predicted octanol–water partition coefficient (Wildman–Crippen LogP) is 4.41. The fourth-order valence-electron chi connectivity index (χ4n) is 3.26. The SMILES string of the molecule is CNC(Cc1cc(OC)ccc1Br)C1CCC(C)CC1. The van der Waals surface area contributed by atoms with Crippen molar-refractivity contribution in [3.05, 3.63) is 28.2 Å². The van der Waals surface area contributed by atoms with Crippen LogP contribution in [0.15, 0.2) is 22.7 Å². The van der Waals surface area contributed by atoms with Crippen molar-refractivity contribution >= 4 is 15.9 Å². The summed E-state index contributed by atoms with van der Waals surface area (Å²) in [6.45, 7) is 2.38. The lowest BCUT2D eigenvalue weighted by molar-refractivity contribution is 0.235. The lowest BCUT2D eigenvalue weighted by Gasteiger charge is -2.33. The van der Waals surface area contributed by atoms with Crippen LogP contribution in [0.25, 0.3) is 0 Å². The van der Waals surface area contributed by atoms with Crippen molar-refractivity contribution < 1.29 is 4.74 Å². The van der Waals surface area contributed by atoms with Crippen LogP contribution in [0.3, 0.4) is 0 Å². The molecule has 20 heavy (non-hydrogen) atoms. The van der Waals surface area contributed by atoms with Gasteiger partial charge in [0.25, 0.3) is 0 Å². The number of benzene rings is 1. The minimum absolute atomic E-state index is 0.561. The normalized spacial score (nSPS) is 24.4. The molecule has 1 fully saturated rings. The summed E-state index contributed by atoms with van der Waals surface area (Å²) in [5.74, 6) is 2.65. The molecule has 0 heterocycles. The monoisotopic (exact) mass is 339 g/mol.